The summed E-state index contributed by atoms with van der Waals surface area (Å²) in [6.45, 7) is 0. The average Bonchev–Trinajstić information content (AvgIpc) is 3.06. The average molecular weight is 371 g/mol. The van der Waals surface area contributed by atoms with Crippen LogP contribution in [-0.2, 0) is 16.0 Å². The maximum absolute atomic E-state index is 13.5. The molecule has 0 radical (unpaired) electrons. The van der Waals surface area contributed by atoms with Crippen LogP contribution in [0.1, 0.15) is 5.56 Å². The van der Waals surface area contributed by atoms with Gasteiger partial charge in [0.05, 0.1) is 17.9 Å². The number of carbonyl (C=O) groups excluding carboxylic acids is 2. The summed E-state index contributed by atoms with van der Waals surface area (Å²) in [6, 6.07) is 9.74. The maximum atomic E-state index is 13.5. The van der Waals surface area contributed by atoms with Gasteiger partial charge < -0.3 is 25.1 Å². The molecule has 2 heterocycles. The molecule has 0 bridgehead atoms. The van der Waals surface area contributed by atoms with E-state index in [9.17, 15) is 24.0 Å². The largest absolute Gasteiger partial charge is 0.475 e. The Morgan fingerprint density at radius 3 is 2.70 bits per heavy atom. The van der Waals surface area contributed by atoms with Crippen LogP contribution < -0.4 is 10.6 Å². The summed E-state index contributed by atoms with van der Waals surface area (Å²) in [4.78, 5) is 27.3. The molecule has 1 atom stereocenters. The van der Waals surface area contributed by atoms with Crippen LogP contribution in [0, 0.1) is 5.95 Å². The van der Waals surface area contributed by atoms with Crippen LogP contribution in [-0.4, -0.2) is 39.9 Å². The number of halogens is 1. The minimum atomic E-state index is -1.93. The molecule has 1 aromatic carbocycles. The molecule has 4 N–H and O–H groups in total. The van der Waals surface area contributed by atoms with Gasteiger partial charge in [-0.1, -0.05) is 18.2 Å². The third kappa shape index (κ3) is 4.30. The Kier molecular flexibility index (Phi) is 5.48. The Morgan fingerprint density at radius 1 is 1.19 bits per heavy atom. The second kappa shape index (κ2) is 7.98. The van der Waals surface area contributed by atoms with Crippen molar-refractivity contribution in [2.45, 2.75) is 12.4 Å². The van der Waals surface area contributed by atoms with Crippen molar-refractivity contribution in [3.63, 3.8) is 0 Å². The summed E-state index contributed by atoms with van der Waals surface area (Å²) in [5.74, 6) is -4.43. The lowest BCUT2D eigenvalue weighted by Crippen LogP contribution is -2.51. The monoisotopic (exact) mass is 371 g/mol. The molecule has 8 nitrogen and oxygen atoms in total. The molecule has 2 amide bonds. The highest BCUT2D eigenvalue weighted by atomic mass is 19.1. The smallest absolute Gasteiger partial charge is 0.464 e. The first kappa shape index (κ1) is 18.6. The van der Waals surface area contributed by atoms with Gasteiger partial charge in [-0.05, 0) is 30.2 Å². The van der Waals surface area contributed by atoms with Crippen molar-refractivity contribution in [3.8, 4) is 0 Å². The number of nitrogens with zero attached hydrogens (tertiary/aromatic N) is 1. The number of benzene rings is 1. The summed E-state index contributed by atoms with van der Waals surface area (Å²) in [6.07, 6.45) is 2.64. The lowest BCUT2D eigenvalue weighted by atomic mass is 9.76. The lowest BCUT2D eigenvalue weighted by Gasteiger charge is -2.17. The first-order valence-electron chi connectivity index (χ1n) is 7.99. The molecule has 0 unspecified atom stereocenters. The van der Waals surface area contributed by atoms with Gasteiger partial charge in [0.2, 0.25) is 5.95 Å². The number of furan rings is 1. The minimum absolute atomic E-state index is 0.00888. The third-order valence-electron chi connectivity index (χ3n) is 3.89. The van der Waals surface area contributed by atoms with Gasteiger partial charge in [0.25, 0.3) is 0 Å². The predicted octanol–water partition coefficient (Wildman–Crippen LogP) is 0.645. The number of nitrogens with one attached hydrogen (secondary N) is 2. The standard InChI is InChI=1S/C17H15BFN3O5/c19-15-12(5-3-7-20-15)21-16(23)17(24)22-14(18(25)26)8-10-9-27-13-6-2-1-4-11(10)13/h1-7,9,14,25-26H,8H2,(H,21,23)(H,22,24)/t14-/m0/s1. The van der Waals surface area contributed by atoms with Gasteiger partial charge in [-0.25, -0.2) is 4.98 Å². The van der Waals surface area contributed by atoms with Gasteiger partial charge in [0, 0.05) is 11.6 Å². The molecule has 0 aliphatic rings. The Hall–Kier alpha value is -3.24. The Morgan fingerprint density at radius 2 is 1.96 bits per heavy atom. The summed E-state index contributed by atoms with van der Waals surface area (Å²) in [5.41, 5.74) is 0.970. The molecule has 0 fully saturated rings. The first-order valence-corrected chi connectivity index (χ1v) is 7.99. The highest BCUT2D eigenvalue weighted by Gasteiger charge is 2.29. The lowest BCUT2D eigenvalue weighted by molar-refractivity contribution is -0.136. The number of anilines is 1. The van der Waals surface area contributed by atoms with E-state index < -0.39 is 30.8 Å². The fourth-order valence-electron chi connectivity index (χ4n) is 2.55. The van der Waals surface area contributed by atoms with E-state index in [1.165, 1.54) is 24.6 Å². The number of hydrogen-bond donors (Lipinski definition) is 4. The van der Waals surface area contributed by atoms with E-state index in [1.807, 2.05) is 0 Å². The molecule has 0 saturated carbocycles. The fraction of sp³-hybridized carbons (Fsp3) is 0.118. The van der Waals surface area contributed by atoms with E-state index in [0.29, 0.717) is 11.1 Å². The molecular formula is C17H15BFN3O5. The van der Waals surface area contributed by atoms with Crippen molar-refractivity contribution in [2.24, 2.45) is 0 Å². The van der Waals surface area contributed by atoms with Crippen molar-refractivity contribution in [1.82, 2.24) is 10.3 Å². The van der Waals surface area contributed by atoms with Crippen molar-refractivity contribution < 1.29 is 28.4 Å². The van der Waals surface area contributed by atoms with Crippen LogP contribution >= 0.6 is 0 Å². The van der Waals surface area contributed by atoms with Crippen LogP contribution in [0.5, 0.6) is 0 Å². The zero-order valence-electron chi connectivity index (χ0n) is 13.9. The van der Waals surface area contributed by atoms with E-state index in [2.05, 4.69) is 15.6 Å². The number of pyridine rings is 1. The molecule has 3 rings (SSSR count). The van der Waals surface area contributed by atoms with Crippen molar-refractivity contribution >= 4 is 35.6 Å². The normalized spacial score (nSPS) is 11.8. The number of carbonyl (C=O) groups is 2. The van der Waals surface area contributed by atoms with E-state index >= 15 is 0 Å². The second-order valence-electron chi connectivity index (χ2n) is 5.75. The Balaban J connectivity index is 1.69. The molecule has 138 valence electrons. The zero-order valence-corrected chi connectivity index (χ0v) is 13.9. The van der Waals surface area contributed by atoms with Gasteiger partial charge >= 0.3 is 18.9 Å². The van der Waals surface area contributed by atoms with Crippen molar-refractivity contribution in [1.29, 1.82) is 0 Å². The van der Waals surface area contributed by atoms with Crippen LogP contribution in [0.4, 0.5) is 10.1 Å². The summed E-state index contributed by atoms with van der Waals surface area (Å²) >= 11 is 0. The van der Waals surface area contributed by atoms with Crippen LogP contribution in [0.2, 0.25) is 0 Å². The molecule has 0 aliphatic heterocycles. The second-order valence-corrected chi connectivity index (χ2v) is 5.75. The summed E-state index contributed by atoms with van der Waals surface area (Å²) < 4.78 is 18.8. The summed E-state index contributed by atoms with van der Waals surface area (Å²) in [7, 11) is -1.93. The van der Waals surface area contributed by atoms with Crippen LogP contribution in [0.15, 0.2) is 53.3 Å². The van der Waals surface area contributed by atoms with E-state index in [4.69, 9.17) is 4.42 Å². The quantitative estimate of drug-likeness (QED) is 0.297. The van der Waals surface area contributed by atoms with E-state index in [-0.39, 0.29) is 12.1 Å². The molecule has 10 heteroatoms. The highest BCUT2D eigenvalue weighted by molar-refractivity contribution is 6.46. The number of aromatic nitrogens is 1. The van der Waals surface area contributed by atoms with Gasteiger partial charge in [0.1, 0.15) is 5.58 Å². The molecule has 0 saturated heterocycles. The first-order chi connectivity index (χ1) is 13.0. The summed E-state index contributed by atoms with van der Waals surface area (Å²) in [5, 5.41) is 24.2. The van der Waals surface area contributed by atoms with Crippen LogP contribution in [0.25, 0.3) is 11.0 Å². The molecular weight excluding hydrogens is 356 g/mol. The van der Waals surface area contributed by atoms with Crippen molar-refractivity contribution in [3.05, 3.63) is 60.4 Å². The minimum Gasteiger partial charge on any atom is -0.464 e. The number of amides is 2. The number of fused-ring (bicyclic) bond motifs is 1. The van der Waals surface area contributed by atoms with E-state index in [0.717, 1.165) is 5.39 Å². The molecule has 2 aromatic heterocycles. The third-order valence-corrected chi connectivity index (χ3v) is 3.89. The Labute approximate surface area is 153 Å². The number of hydrogen-bond acceptors (Lipinski definition) is 6. The Bertz CT molecular complexity index is 978. The van der Waals surface area contributed by atoms with Crippen LogP contribution in [0.3, 0.4) is 0 Å². The molecule has 3 aromatic rings. The zero-order chi connectivity index (χ0) is 19.4. The number of rotatable bonds is 5. The highest BCUT2D eigenvalue weighted by Crippen LogP contribution is 2.22. The van der Waals surface area contributed by atoms with Gasteiger partial charge in [-0.15, -0.1) is 0 Å². The van der Waals surface area contributed by atoms with Crippen molar-refractivity contribution in [2.75, 3.05) is 5.32 Å². The molecule has 27 heavy (non-hydrogen) atoms. The topological polar surface area (TPSA) is 125 Å². The molecule has 0 spiro atoms. The maximum Gasteiger partial charge on any atom is 0.475 e. The van der Waals surface area contributed by atoms with Gasteiger partial charge in [0.15, 0.2) is 0 Å². The van der Waals surface area contributed by atoms with Gasteiger partial charge in [-0.2, -0.15) is 4.39 Å². The van der Waals surface area contributed by atoms with E-state index in [1.54, 1.807) is 24.3 Å². The fourth-order valence-corrected chi connectivity index (χ4v) is 2.55. The molecule has 0 aliphatic carbocycles. The SMILES string of the molecule is O=C(Nc1cccnc1F)C(=O)N[C@@H](Cc1coc2ccccc12)B(O)O. The van der Waals surface area contributed by atoms with Gasteiger partial charge in [-0.3, -0.25) is 9.59 Å². The predicted molar refractivity (Wildman–Crippen MR) is 94.9 cm³/mol. The number of para-hydroxylation sites is 1.